The molecule has 0 aromatic heterocycles. The van der Waals surface area contributed by atoms with E-state index in [0.29, 0.717) is 6.54 Å². The lowest BCUT2D eigenvalue weighted by molar-refractivity contribution is -0.117. The lowest BCUT2D eigenvalue weighted by Gasteiger charge is -2.26. The van der Waals surface area contributed by atoms with Gasteiger partial charge in [-0.25, -0.2) is 0 Å². The summed E-state index contributed by atoms with van der Waals surface area (Å²) in [4.78, 5) is 15.2. The maximum atomic E-state index is 12.9. The highest BCUT2D eigenvalue weighted by Gasteiger charge is 2.30. The van der Waals surface area contributed by atoms with Gasteiger partial charge in [0.05, 0.1) is 20.8 Å². The Kier molecular flexibility index (Phi) is 7.15. The van der Waals surface area contributed by atoms with E-state index in [4.69, 9.17) is 9.47 Å². The van der Waals surface area contributed by atoms with Crippen molar-refractivity contribution >= 4 is 11.6 Å². The van der Waals surface area contributed by atoms with Crippen molar-refractivity contribution in [2.24, 2.45) is 0 Å². The van der Waals surface area contributed by atoms with Crippen LogP contribution in [0.5, 0.6) is 11.5 Å². The van der Waals surface area contributed by atoms with E-state index in [0.717, 1.165) is 55.0 Å². The van der Waals surface area contributed by atoms with Crippen LogP contribution in [0.15, 0.2) is 36.4 Å². The zero-order valence-electron chi connectivity index (χ0n) is 18.0. The van der Waals surface area contributed by atoms with Crippen molar-refractivity contribution < 1.29 is 14.3 Å². The number of amides is 1. The standard InChI is InChI=1S/C24H32N2O3/c1-5-17-9-7-10-18(6-2)24(17)25-23(27)16-26-14-8-11-21(26)20-13-12-19(28-3)15-22(20)29-4/h7,9-10,12-13,15,21H,5-6,8,11,14,16H2,1-4H3,(H,25,27). The second-order valence-electron chi connectivity index (χ2n) is 7.44. The largest absolute Gasteiger partial charge is 0.497 e. The van der Waals surface area contributed by atoms with Crippen molar-refractivity contribution in [3.8, 4) is 11.5 Å². The number of rotatable bonds is 8. The first kappa shape index (κ1) is 21.2. The average molecular weight is 397 g/mol. The molecule has 1 aliphatic heterocycles. The van der Waals surface area contributed by atoms with Crippen LogP contribution in [0.1, 0.15) is 49.4 Å². The summed E-state index contributed by atoms with van der Waals surface area (Å²) in [6.45, 7) is 5.53. The Morgan fingerprint density at radius 2 is 1.83 bits per heavy atom. The highest BCUT2D eigenvalue weighted by atomic mass is 16.5. The Morgan fingerprint density at radius 3 is 2.45 bits per heavy atom. The van der Waals surface area contributed by atoms with Crippen LogP contribution in [0, 0.1) is 0 Å². The molecule has 2 aromatic carbocycles. The SMILES string of the molecule is CCc1cccc(CC)c1NC(=O)CN1CCCC1c1ccc(OC)cc1OC. The van der Waals surface area contributed by atoms with Crippen molar-refractivity contribution in [3.63, 3.8) is 0 Å². The van der Waals surface area contributed by atoms with Crippen LogP contribution >= 0.6 is 0 Å². The number of hydrogen-bond donors (Lipinski definition) is 1. The van der Waals surface area contributed by atoms with E-state index in [1.54, 1.807) is 14.2 Å². The van der Waals surface area contributed by atoms with Crippen LogP contribution in [-0.2, 0) is 17.6 Å². The summed E-state index contributed by atoms with van der Waals surface area (Å²) in [7, 11) is 3.33. The average Bonchev–Trinajstić information content (AvgIpc) is 3.20. The Morgan fingerprint density at radius 1 is 1.10 bits per heavy atom. The number of nitrogens with zero attached hydrogens (tertiary/aromatic N) is 1. The monoisotopic (exact) mass is 396 g/mol. The maximum absolute atomic E-state index is 12.9. The molecule has 1 aliphatic rings. The Labute approximate surface area is 174 Å². The van der Waals surface area contributed by atoms with Crippen LogP contribution < -0.4 is 14.8 Å². The molecule has 1 saturated heterocycles. The molecule has 0 spiro atoms. The third kappa shape index (κ3) is 4.73. The highest BCUT2D eigenvalue weighted by Crippen LogP contribution is 2.38. The van der Waals surface area contributed by atoms with E-state index in [1.807, 2.05) is 12.1 Å². The zero-order chi connectivity index (χ0) is 20.8. The van der Waals surface area contributed by atoms with E-state index >= 15 is 0 Å². The fraction of sp³-hybridized carbons (Fsp3) is 0.458. The van der Waals surface area contributed by atoms with Crippen LogP contribution in [0.2, 0.25) is 0 Å². The number of carbonyl (C=O) groups is 1. The summed E-state index contributed by atoms with van der Waals surface area (Å²) in [5, 5.41) is 3.19. The van der Waals surface area contributed by atoms with E-state index in [9.17, 15) is 4.79 Å². The van der Waals surface area contributed by atoms with Gasteiger partial charge < -0.3 is 14.8 Å². The van der Waals surface area contributed by atoms with E-state index in [-0.39, 0.29) is 11.9 Å². The Hall–Kier alpha value is -2.53. The molecule has 5 nitrogen and oxygen atoms in total. The van der Waals surface area contributed by atoms with E-state index in [2.05, 4.69) is 48.3 Å². The predicted octanol–water partition coefficient (Wildman–Crippen LogP) is 4.60. The lowest BCUT2D eigenvalue weighted by Crippen LogP contribution is -2.33. The third-order valence-electron chi connectivity index (χ3n) is 5.77. The molecule has 1 unspecified atom stereocenters. The predicted molar refractivity (Wildman–Crippen MR) is 117 cm³/mol. The molecule has 2 aromatic rings. The van der Waals surface area contributed by atoms with Crippen molar-refractivity contribution in [1.29, 1.82) is 0 Å². The Bertz CT molecular complexity index is 828. The first-order valence-electron chi connectivity index (χ1n) is 10.5. The number of aryl methyl sites for hydroxylation is 2. The lowest BCUT2D eigenvalue weighted by atomic mass is 10.0. The number of para-hydroxylation sites is 1. The Balaban J connectivity index is 1.76. The fourth-order valence-corrected chi connectivity index (χ4v) is 4.23. The molecule has 156 valence electrons. The first-order valence-corrected chi connectivity index (χ1v) is 10.5. The third-order valence-corrected chi connectivity index (χ3v) is 5.77. The van der Waals surface area contributed by atoms with Gasteiger partial charge in [0.1, 0.15) is 11.5 Å². The molecular formula is C24H32N2O3. The first-order chi connectivity index (χ1) is 14.1. The molecule has 29 heavy (non-hydrogen) atoms. The van der Waals surface area contributed by atoms with Gasteiger partial charge in [-0.05, 0) is 49.4 Å². The van der Waals surface area contributed by atoms with Gasteiger partial charge in [-0.1, -0.05) is 38.1 Å². The van der Waals surface area contributed by atoms with E-state index < -0.39 is 0 Å². The van der Waals surface area contributed by atoms with Gasteiger partial charge in [-0.2, -0.15) is 0 Å². The van der Waals surface area contributed by atoms with Crippen molar-refractivity contribution in [1.82, 2.24) is 4.90 Å². The molecule has 0 aliphatic carbocycles. The minimum atomic E-state index is 0.0416. The number of benzene rings is 2. The highest BCUT2D eigenvalue weighted by molar-refractivity contribution is 5.94. The van der Waals surface area contributed by atoms with Crippen molar-refractivity contribution in [3.05, 3.63) is 53.1 Å². The summed E-state index contributed by atoms with van der Waals surface area (Å²) in [6, 6.07) is 12.4. The smallest absolute Gasteiger partial charge is 0.238 e. The minimum absolute atomic E-state index is 0.0416. The summed E-state index contributed by atoms with van der Waals surface area (Å²) in [5.41, 5.74) is 4.47. The van der Waals surface area contributed by atoms with E-state index in [1.165, 1.54) is 11.1 Å². The number of nitrogens with one attached hydrogen (secondary N) is 1. The molecule has 5 heteroatoms. The normalized spacial score (nSPS) is 16.6. The van der Waals surface area contributed by atoms with Gasteiger partial charge in [0, 0.05) is 23.4 Å². The minimum Gasteiger partial charge on any atom is -0.497 e. The number of hydrogen-bond acceptors (Lipinski definition) is 4. The number of methoxy groups -OCH3 is 2. The quantitative estimate of drug-likeness (QED) is 0.708. The molecule has 0 bridgehead atoms. The summed E-state index contributed by atoms with van der Waals surface area (Å²) in [5.74, 6) is 1.63. The number of likely N-dealkylation sites (tertiary alicyclic amines) is 1. The topological polar surface area (TPSA) is 50.8 Å². The van der Waals surface area contributed by atoms with Crippen LogP contribution in [0.25, 0.3) is 0 Å². The van der Waals surface area contributed by atoms with Gasteiger partial charge >= 0.3 is 0 Å². The van der Waals surface area contributed by atoms with Gasteiger partial charge in [0.2, 0.25) is 5.91 Å². The molecular weight excluding hydrogens is 364 g/mol. The van der Waals surface area contributed by atoms with Crippen LogP contribution in [0.3, 0.4) is 0 Å². The number of carbonyl (C=O) groups excluding carboxylic acids is 1. The summed E-state index contributed by atoms with van der Waals surface area (Å²) < 4.78 is 10.9. The van der Waals surface area contributed by atoms with Crippen molar-refractivity contribution in [2.75, 3.05) is 32.6 Å². The van der Waals surface area contributed by atoms with Crippen LogP contribution in [0.4, 0.5) is 5.69 Å². The number of anilines is 1. The van der Waals surface area contributed by atoms with Crippen molar-refractivity contribution in [2.45, 2.75) is 45.6 Å². The summed E-state index contributed by atoms with van der Waals surface area (Å²) in [6.07, 6.45) is 3.89. The van der Waals surface area contributed by atoms with Crippen LogP contribution in [-0.4, -0.2) is 38.1 Å². The molecule has 0 radical (unpaired) electrons. The second-order valence-corrected chi connectivity index (χ2v) is 7.44. The second kappa shape index (κ2) is 9.79. The van der Waals surface area contributed by atoms with Gasteiger partial charge in [-0.15, -0.1) is 0 Å². The molecule has 1 atom stereocenters. The molecule has 1 heterocycles. The van der Waals surface area contributed by atoms with Gasteiger partial charge in [0.15, 0.2) is 0 Å². The molecule has 1 fully saturated rings. The van der Waals surface area contributed by atoms with Gasteiger partial charge in [-0.3, -0.25) is 9.69 Å². The summed E-state index contributed by atoms with van der Waals surface area (Å²) >= 11 is 0. The molecule has 3 rings (SSSR count). The molecule has 0 saturated carbocycles. The van der Waals surface area contributed by atoms with Gasteiger partial charge in [0.25, 0.3) is 0 Å². The number of ether oxygens (including phenoxy) is 2. The molecule has 1 amide bonds. The molecule has 1 N–H and O–H groups in total. The maximum Gasteiger partial charge on any atom is 0.238 e. The zero-order valence-corrected chi connectivity index (χ0v) is 18.0. The fourth-order valence-electron chi connectivity index (χ4n) is 4.23.